The number of hydrogen-bond acceptors (Lipinski definition) is 5. The van der Waals surface area contributed by atoms with E-state index in [1.54, 1.807) is 14.2 Å². The van der Waals surface area contributed by atoms with E-state index in [2.05, 4.69) is 34.9 Å². The van der Waals surface area contributed by atoms with Gasteiger partial charge in [0.25, 0.3) is 0 Å². The van der Waals surface area contributed by atoms with Crippen LogP contribution in [0.1, 0.15) is 31.4 Å². The summed E-state index contributed by atoms with van der Waals surface area (Å²) in [4.78, 5) is 4.75. The third-order valence-electron chi connectivity index (χ3n) is 4.43. The van der Waals surface area contributed by atoms with Gasteiger partial charge in [0.05, 0.1) is 32.5 Å². The van der Waals surface area contributed by atoms with E-state index < -0.39 is 0 Å². The smallest absolute Gasteiger partial charge is 0.196 e. The monoisotopic (exact) mass is 443 g/mol. The summed E-state index contributed by atoms with van der Waals surface area (Å²) < 4.78 is 21.4. The normalized spacial score (nSPS) is 11.6. The van der Waals surface area contributed by atoms with E-state index in [0.717, 1.165) is 41.5 Å². The molecule has 0 spiro atoms. The van der Waals surface area contributed by atoms with Crippen molar-refractivity contribution >= 4 is 11.6 Å². The van der Waals surface area contributed by atoms with Crippen LogP contribution in [0.25, 0.3) is 0 Å². The zero-order chi connectivity index (χ0) is 23.0. The fourth-order valence-electron chi connectivity index (χ4n) is 2.87. The molecule has 0 heterocycles. The minimum atomic E-state index is 0.147. The molecule has 2 N–H and O–H groups in total. The minimum absolute atomic E-state index is 0.147. The molecule has 0 radical (unpaired) electrons. The van der Waals surface area contributed by atoms with Crippen molar-refractivity contribution in [1.29, 1.82) is 0 Å². The molecule has 0 saturated heterocycles. The Morgan fingerprint density at radius 3 is 2.25 bits per heavy atom. The maximum absolute atomic E-state index is 5.72. The van der Waals surface area contributed by atoms with Gasteiger partial charge in [-0.1, -0.05) is 24.3 Å². The van der Waals surface area contributed by atoms with Crippen LogP contribution in [0, 0.1) is 0 Å². The van der Waals surface area contributed by atoms with Gasteiger partial charge >= 0.3 is 0 Å². The van der Waals surface area contributed by atoms with Crippen LogP contribution in [0.2, 0.25) is 0 Å². The number of methoxy groups -OCH3 is 2. The lowest BCUT2D eigenvalue weighted by molar-refractivity contribution is 0.0699. The molecule has 0 amide bonds. The summed E-state index contributed by atoms with van der Waals surface area (Å²) in [7, 11) is 3.37. The molecule has 2 aromatic carbocycles. The van der Waals surface area contributed by atoms with Crippen molar-refractivity contribution < 1.29 is 18.9 Å². The molecule has 0 atom stereocenters. The SMILES string of the molecule is COCCOCCCNC(=NCc1ccc(COC)cc1)Nc1ccc(OC(C)C)cc1. The van der Waals surface area contributed by atoms with Gasteiger partial charge in [-0.2, -0.15) is 0 Å². The lowest BCUT2D eigenvalue weighted by atomic mass is 10.1. The summed E-state index contributed by atoms with van der Waals surface area (Å²) in [6, 6.07) is 16.2. The fraction of sp³-hybridized carbons (Fsp3) is 0.480. The topological polar surface area (TPSA) is 73.3 Å². The summed E-state index contributed by atoms with van der Waals surface area (Å²) in [5, 5.41) is 6.76. The van der Waals surface area contributed by atoms with Gasteiger partial charge in [-0.15, -0.1) is 0 Å². The van der Waals surface area contributed by atoms with E-state index in [9.17, 15) is 0 Å². The number of nitrogens with one attached hydrogen (secondary N) is 2. The van der Waals surface area contributed by atoms with Gasteiger partial charge in [0.2, 0.25) is 0 Å². The van der Waals surface area contributed by atoms with Gasteiger partial charge in [-0.25, -0.2) is 4.99 Å². The maximum Gasteiger partial charge on any atom is 0.196 e. The molecule has 0 aromatic heterocycles. The second-order valence-corrected chi connectivity index (χ2v) is 7.62. The van der Waals surface area contributed by atoms with Crippen LogP contribution >= 0.6 is 0 Å². The molecule has 7 nitrogen and oxygen atoms in total. The van der Waals surface area contributed by atoms with E-state index in [1.165, 1.54) is 0 Å². The van der Waals surface area contributed by atoms with Gasteiger partial charge in [-0.3, -0.25) is 0 Å². The quantitative estimate of drug-likeness (QED) is 0.259. The molecule has 2 rings (SSSR count). The molecule has 7 heteroatoms. The summed E-state index contributed by atoms with van der Waals surface area (Å²) in [6.45, 7) is 7.86. The zero-order valence-electron chi connectivity index (χ0n) is 19.7. The van der Waals surface area contributed by atoms with Gasteiger partial charge in [0.15, 0.2) is 5.96 Å². The average Bonchev–Trinajstić information content (AvgIpc) is 2.78. The van der Waals surface area contributed by atoms with Crippen molar-refractivity contribution in [2.45, 2.75) is 39.5 Å². The first-order chi connectivity index (χ1) is 15.6. The second kappa shape index (κ2) is 15.2. The van der Waals surface area contributed by atoms with Crippen LogP contribution < -0.4 is 15.4 Å². The van der Waals surface area contributed by atoms with Gasteiger partial charge < -0.3 is 29.6 Å². The van der Waals surface area contributed by atoms with Crippen LogP contribution in [0.5, 0.6) is 5.75 Å². The average molecular weight is 444 g/mol. The zero-order valence-corrected chi connectivity index (χ0v) is 19.7. The standard InChI is InChI=1S/C25H37N3O4/c1-20(2)32-24-12-10-23(11-13-24)28-25(26-14-5-15-31-17-16-29-3)27-18-21-6-8-22(9-7-21)19-30-4/h6-13,20H,5,14-19H2,1-4H3,(H2,26,27,28). The van der Waals surface area contributed by atoms with E-state index in [-0.39, 0.29) is 6.10 Å². The van der Waals surface area contributed by atoms with Crippen LogP contribution in [0.15, 0.2) is 53.5 Å². The summed E-state index contributed by atoms with van der Waals surface area (Å²) in [5.41, 5.74) is 3.22. The third-order valence-corrected chi connectivity index (χ3v) is 4.43. The Morgan fingerprint density at radius 1 is 0.875 bits per heavy atom. The number of hydrogen-bond donors (Lipinski definition) is 2. The highest BCUT2D eigenvalue weighted by molar-refractivity contribution is 5.93. The Kier molecular flexibility index (Phi) is 12.2. The summed E-state index contributed by atoms with van der Waals surface area (Å²) >= 11 is 0. The molecule has 32 heavy (non-hydrogen) atoms. The van der Waals surface area contributed by atoms with E-state index in [4.69, 9.17) is 23.9 Å². The molecular formula is C25H37N3O4. The van der Waals surface area contributed by atoms with Crippen LogP contribution in [-0.4, -0.2) is 52.6 Å². The highest BCUT2D eigenvalue weighted by Gasteiger charge is 2.03. The van der Waals surface area contributed by atoms with E-state index in [1.807, 2.05) is 38.1 Å². The molecule has 2 aromatic rings. The van der Waals surface area contributed by atoms with Crippen molar-refractivity contribution in [3.63, 3.8) is 0 Å². The number of ether oxygens (including phenoxy) is 4. The lowest BCUT2D eigenvalue weighted by Gasteiger charge is -2.14. The Labute approximate surface area is 192 Å². The maximum atomic E-state index is 5.72. The minimum Gasteiger partial charge on any atom is -0.491 e. The van der Waals surface area contributed by atoms with Gasteiger partial charge in [-0.05, 0) is 55.7 Å². The lowest BCUT2D eigenvalue weighted by Crippen LogP contribution is -2.32. The Bertz CT molecular complexity index is 777. The van der Waals surface area contributed by atoms with E-state index in [0.29, 0.717) is 33.0 Å². The number of rotatable bonds is 14. The predicted octanol–water partition coefficient (Wildman–Crippen LogP) is 4.23. The molecule has 176 valence electrons. The van der Waals surface area contributed by atoms with Crippen molar-refractivity contribution in [3.8, 4) is 5.75 Å². The molecule has 0 saturated carbocycles. The molecule has 0 aliphatic heterocycles. The number of anilines is 1. The summed E-state index contributed by atoms with van der Waals surface area (Å²) in [5.74, 6) is 1.57. The molecule has 0 aliphatic carbocycles. The van der Waals surface area contributed by atoms with Crippen molar-refractivity contribution in [2.24, 2.45) is 4.99 Å². The van der Waals surface area contributed by atoms with Crippen LogP contribution in [0.3, 0.4) is 0 Å². The van der Waals surface area contributed by atoms with Gasteiger partial charge in [0, 0.05) is 33.1 Å². The summed E-state index contributed by atoms with van der Waals surface area (Å²) in [6.07, 6.45) is 1.02. The van der Waals surface area contributed by atoms with Crippen molar-refractivity contribution in [3.05, 3.63) is 59.7 Å². The highest BCUT2D eigenvalue weighted by atomic mass is 16.5. The molecular weight excluding hydrogens is 406 g/mol. The molecule has 0 aliphatic rings. The predicted molar refractivity (Wildman–Crippen MR) is 129 cm³/mol. The van der Waals surface area contributed by atoms with Crippen molar-refractivity contribution in [1.82, 2.24) is 5.32 Å². The largest absolute Gasteiger partial charge is 0.491 e. The van der Waals surface area contributed by atoms with Crippen molar-refractivity contribution in [2.75, 3.05) is 45.9 Å². The number of guanidine groups is 1. The van der Waals surface area contributed by atoms with Gasteiger partial charge in [0.1, 0.15) is 5.75 Å². The number of aliphatic imine (C=N–C) groups is 1. The molecule has 0 unspecified atom stereocenters. The fourth-order valence-corrected chi connectivity index (χ4v) is 2.87. The Morgan fingerprint density at radius 2 is 1.59 bits per heavy atom. The van der Waals surface area contributed by atoms with Crippen LogP contribution in [-0.2, 0) is 27.4 Å². The highest BCUT2D eigenvalue weighted by Crippen LogP contribution is 2.17. The third kappa shape index (κ3) is 10.6. The Balaban J connectivity index is 1.95. The first kappa shape index (κ1) is 25.6. The molecule has 0 bridgehead atoms. The molecule has 0 fully saturated rings. The van der Waals surface area contributed by atoms with E-state index >= 15 is 0 Å². The number of nitrogens with zero attached hydrogens (tertiary/aromatic N) is 1. The first-order valence-corrected chi connectivity index (χ1v) is 11.1. The second-order valence-electron chi connectivity index (χ2n) is 7.62. The number of benzene rings is 2. The first-order valence-electron chi connectivity index (χ1n) is 11.1. The van der Waals surface area contributed by atoms with Crippen LogP contribution in [0.4, 0.5) is 5.69 Å². The Hall–Kier alpha value is -2.61.